The Balaban J connectivity index is 2.29. The lowest BCUT2D eigenvalue weighted by Gasteiger charge is -2.11. The van der Waals surface area contributed by atoms with E-state index in [0.29, 0.717) is 34.0 Å². The molecular formula is C13H20FIN2O. The van der Waals surface area contributed by atoms with Crippen LogP contribution in [0, 0.1) is 15.3 Å². The van der Waals surface area contributed by atoms with Gasteiger partial charge in [0.25, 0.3) is 0 Å². The van der Waals surface area contributed by atoms with Gasteiger partial charge in [-0.2, -0.15) is 0 Å². The van der Waals surface area contributed by atoms with Gasteiger partial charge in [-0.15, -0.1) is 0 Å². The Labute approximate surface area is 121 Å². The van der Waals surface area contributed by atoms with Crippen molar-refractivity contribution < 1.29 is 9.13 Å². The van der Waals surface area contributed by atoms with Gasteiger partial charge in [-0.05, 0) is 41.0 Å². The summed E-state index contributed by atoms with van der Waals surface area (Å²) >= 11 is 1.92. The molecular weight excluding hydrogens is 346 g/mol. The van der Waals surface area contributed by atoms with E-state index in [1.807, 2.05) is 22.6 Å². The summed E-state index contributed by atoms with van der Waals surface area (Å²) in [4.78, 5) is 0. The fourth-order valence-electron chi connectivity index (χ4n) is 1.39. The fraction of sp³-hybridized carbons (Fsp3) is 0.538. The van der Waals surface area contributed by atoms with Crippen LogP contribution in [0.15, 0.2) is 12.1 Å². The molecule has 1 aromatic rings. The number of rotatable bonds is 7. The minimum atomic E-state index is -0.256. The molecule has 0 saturated heterocycles. The van der Waals surface area contributed by atoms with E-state index in [2.05, 4.69) is 19.2 Å². The molecule has 0 radical (unpaired) electrons. The number of ether oxygens (including phenoxy) is 1. The molecule has 3 nitrogen and oxygen atoms in total. The van der Waals surface area contributed by atoms with Crippen molar-refractivity contribution >= 4 is 34.0 Å². The molecule has 5 heteroatoms. The molecule has 18 heavy (non-hydrogen) atoms. The minimum absolute atomic E-state index is 0.256. The van der Waals surface area contributed by atoms with Gasteiger partial charge in [-0.1, -0.05) is 13.8 Å². The number of anilines is 2. The summed E-state index contributed by atoms with van der Waals surface area (Å²) in [6.45, 7) is 6.31. The van der Waals surface area contributed by atoms with Crippen LogP contribution in [0.4, 0.5) is 15.8 Å². The Morgan fingerprint density at radius 2 is 2.11 bits per heavy atom. The highest BCUT2D eigenvalue weighted by atomic mass is 127. The normalized spacial score (nSPS) is 10.9. The molecule has 0 atom stereocenters. The molecule has 0 unspecified atom stereocenters. The van der Waals surface area contributed by atoms with Crippen molar-refractivity contribution in [2.75, 3.05) is 30.8 Å². The average molecular weight is 366 g/mol. The van der Waals surface area contributed by atoms with Gasteiger partial charge in [-0.3, -0.25) is 0 Å². The zero-order valence-corrected chi connectivity index (χ0v) is 13.0. The van der Waals surface area contributed by atoms with Crippen LogP contribution in [0.5, 0.6) is 0 Å². The first-order chi connectivity index (χ1) is 8.50. The largest absolute Gasteiger partial charge is 0.397 e. The molecule has 0 fully saturated rings. The van der Waals surface area contributed by atoms with Gasteiger partial charge < -0.3 is 15.8 Å². The van der Waals surface area contributed by atoms with Crippen LogP contribution >= 0.6 is 22.6 Å². The maximum absolute atomic E-state index is 13.3. The van der Waals surface area contributed by atoms with Crippen LogP contribution in [-0.4, -0.2) is 19.8 Å². The number of benzene rings is 1. The van der Waals surface area contributed by atoms with Crippen LogP contribution < -0.4 is 11.1 Å². The third-order valence-electron chi connectivity index (χ3n) is 2.49. The number of nitrogen functional groups attached to an aromatic ring is 1. The Hall–Kier alpha value is -0.560. The molecule has 0 heterocycles. The van der Waals surface area contributed by atoms with E-state index in [1.54, 1.807) is 6.07 Å². The van der Waals surface area contributed by atoms with E-state index < -0.39 is 0 Å². The molecule has 0 aliphatic heterocycles. The molecule has 0 aliphatic carbocycles. The highest BCUT2D eigenvalue weighted by Gasteiger charge is 2.05. The van der Waals surface area contributed by atoms with E-state index >= 15 is 0 Å². The Kier molecular flexibility index (Phi) is 6.70. The smallest absolute Gasteiger partial charge is 0.138 e. The Morgan fingerprint density at radius 1 is 1.39 bits per heavy atom. The zero-order chi connectivity index (χ0) is 13.5. The monoisotopic (exact) mass is 366 g/mol. The summed E-state index contributed by atoms with van der Waals surface area (Å²) in [7, 11) is 0. The maximum Gasteiger partial charge on any atom is 0.138 e. The second-order valence-electron chi connectivity index (χ2n) is 4.58. The lowest BCUT2D eigenvalue weighted by Crippen LogP contribution is -2.12. The Morgan fingerprint density at radius 3 is 2.78 bits per heavy atom. The first kappa shape index (κ1) is 15.5. The number of nitrogens with two attached hydrogens (primary N) is 1. The number of nitrogens with one attached hydrogen (secondary N) is 1. The van der Waals surface area contributed by atoms with E-state index in [1.165, 1.54) is 6.07 Å². The number of halogens is 2. The maximum atomic E-state index is 13.3. The molecule has 0 amide bonds. The predicted molar refractivity (Wildman–Crippen MR) is 82.3 cm³/mol. The minimum Gasteiger partial charge on any atom is -0.397 e. The van der Waals surface area contributed by atoms with Gasteiger partial charge in [0.1, 0.15) is 5.82 Å². The van der Waals surface area contributed by atoms with Gasteiger partial charge in [-0.25, -0.2) is 4.39 Å². The third-order valence-corrected chi connectivity index (χ3v) is 3.32. The number of hydrogen-bond acceptors (Lipinski definition) is 3. The molecule has 3 N–H and O–H groups in total. The first-order valence-electron chi connectivity index (χ1n) is 6.07. The fourth-order valence-corrected chi connectivity index (χ4v) is 1.89. The van der Waals surface area contributed by atoms with Gasteiger partial charge in [0, 0.05) is 19.2 Å². The van der Waals surface area contributed by atoms with Crippen LogP contribution in [0.3, 0.4) is 0 Å². The summed E-state index contributed by atoms with van der Waals surface area (Å²) in [6.07, 6.45) is 1.06. The summed E-state index contributed by atoms with van der Waals surface area (Å²) in [5.74, 6) is 0.395. The summed E-state index contributed by atoms with van der Waals surface area (Å²) in [5, 5.41) is 3.08. The lowest BCUT2D eigenvalue weighted by molar-refractivity contribution is 0.132. The SMILES string of the molecule is CC(C)CCOCCNc1cc(F)c(I)cc1N. The highest BCUT2D eigenvalue weighted by Crippen LogP contribution is 2.23. The van der Waals surface area contributed by atoms with Crippen molar-refractivity contribution in [3.8, 4) is 0 Å². The topological polar surface area (TPSA) is 47.3 Å². The van der Waals surface area contributed by atoms with E-state index in [4.69, 9.17) is 10.5 Å². The number of hydrogen-bond donors (Lipinski definition) is 2. The van der Waals surface area contributed by atoms with Crippen LogP contribution in [0.2, 0.25) is 0 Å². The predicted octanol–water partition coefficient (Wildman–Crippen LogP) is 3.49. The molecule has 0 saturated carbocycles. The molecule has 102 valence electrons. The summed E-state index contributed by atoms with van der Waals surface area (Å²) in [6, 6.07) is 3.04. The van der Waals surface area contributed by atoms with Crippen molar-refractivity contribution in [2.45, 2.75) is 20.3 Å². The van der Waals surface area contributed by atoms with Gasteiger partial charge in [0.2, 0.25) is 0 Å². The standard InChI is InChI=1S/C13H20FIN2O/c1-9(2)3-5-18-6-4-17-13-7-10(14)11(15)8-12(13)16/h7-9,17H,3-6,16H2,1-2H3. The molecule has 0 aliphatic rings. The van der Waals surface area contributed by atoms with E-state index in [9.17, 15) is 4.39 Å². The lowest BCUT2D eigenvalue weighted by atomic mass is 10.1. The highest BCUT2D eigenvalue weighted by molar-refractivity contribution is 14.1. The van der Waals surface area contributed by atoms with Gasteiger partial charge in [0.15, 0.2) is 0 Å². The quantitative estimate of drug-likeness (QED) is 0.441. The van der Waals surface area contributed by atoms with Crippen LogP contribution in [0.25, 0.3) is 0 Å². The van der Waals surface area contributed by atoms with Crippen molar-refractivity contribution in [2.24, 2.45) is 5.92 Å². The summed E-state index contributed by atoms with van der Waals surface area (Å²) < 4.78 is 19.3. The van der Waals surface area contributed by atoms with Crippen molar-refractivity contribution in [1.29, 1.82) is 0 Å². The molecule has 0 spiro atoms. The van der Waals surface area contributed by atoms with Crippen LogP contribution in [0.1, 0.15) is 20.3 Å². The van der Waals surface area contributed by atoms with Crippen molar-refractivity contribution in [3.63, 3.8) is 0 Å². The molecule has 1 aromatic carbocycles. The van der Waals surface area contributed by atoms with Crippen molar-refractivity contribution in [1.82, 2.24) is 0 Å². The molecule has 0 bridgehead atoms. The summed E-state index contributed by atoms with van der Waals surface area (Å²) in [5.41, 5.74) is 6.98. The second kappa shape index (κ2) is 7.78. The van der Waals surface area contributed by atoms with Gasteiger partial charge >= 0.3 is 0 Å². The second-order valence-corrected chi connectivity index (χ2v) is 5.74. The third kappa shape index (κ3) is 5.39. The van der Waals surface area contributed by atoms with E-state index in [0.717, 1.165) is 13.0 Å². The van der Waals surface area contributed by atoms with Crippen LogP contribution in [-0.2, 0) is 4.74 Å². The first-order valence-corrected chi connectivity index (χ1v) is 7.14. The molecule has 1 rings (SSSR count). The van der Waals surface area contributed by atoms with E-state index in [-0.39, 0.29) is 5.82 Å². The average Bonchev–Trinajstić information content (AvgIpc) is 2.29. The molecule has 0 aromatic heterocycles. The Bertz CT molecular complexity index is 385. The zero-order valence-electron chi connectivity index (χ0n) is 10.8. The van der Waals surface area contributed by atoms with Gasteiger partial charge in [0.05, 0.1) is 21.6 Å². The van der Waals surface area contributed by atoms with Crippen molar-refractivity contribution in [3.05, 3.63) is 21.5 Å².